The van der Waals surface area contributed by atoms with Crippen LogP contribution in [0.15, 0.2) is 24.3 Å². The van der Waals surface area contributed by atoms with E-state index >= 15 is 0 Å². The van der Waals surface area contributed by atoms with Crippen molar-refractivity contribution in [3.05, 3.63) is 29.8 Å². The number of Topliss-reactive ketones (excluding diaryl/α,β-unsaturated/α-hetero) is 1. The Labute approximate surface area is 134 Å². The Morgan fingerprint density at radius 2 is 1.57 bits per heavy atom. The third-order valence-electron chi connectivity index (χ3n) is 2.99. The summed E-state index contributed by atoms with van der Waals surface area (Å²) >= 11 is 0. The quantitative estimate of drug-likeness (QED) is 0.607. The second-order valence-electron chi connectivity index (χ2n) is 5.12. The van der Waals surface area contributed by atoms with Crippen LogP contribution in [0.5, 0.6) is 0 Å². The zero-order chi connectivity index (χ0) is 17.6. The third kappa shape index (κ3) is 5.90. The Morgan fingerprint density at radius 1 is 1.00 bits per heavy atom. The maximum absolute atomic E-state index is 12.0. The summed E-state index contributed by atoms with van der Waals surface area (Å²) in [7, 11) is 0. The van der Waals surface area contributed by atoms with Crippen LogP contribution in [0, 0.1) is 0 Å². The fourth-order valence-corrected chi connectivity index (χ4v) is 1.73. The first-order chi connectivity index (χ1) is 10.7. The highest BCUT2D eigenvalue weighted by Crippen LogP contribution is 2.11. The zero-order valence-electron chi connectivity index (χ0n) is 13.5. The van der Waals surface area contributed by atoms with E-state index in [9.17, 15) is 19.2 Å². The Hall–Kier alpha value is -2.70. The van der Waals surface area contributed by atoms with E-state index in [1.807, 2.05) is 0 Å². The Morgan fingerprint density at radius 3 is 2.04 bits per heavy atom. The average Bonchev–Trinajstić information content (AvgIpc) is 2.46. The van der Waals surface area contributed by atoms with E-state index in [1.54, 1.807) is 24.3 Å². The molecule has 0 unspecified atom stereocenters. The summed E-state index contributed by atoms with van der Waals surface area (Å²) in [6.07, 6.45) is -1.02. The van der Waals surface area contributed by atoms with Gasteiger partial charge in [0.2, 0.25) is 5.91 Å². The first-order valence-corrected chi connectivity index (χ1v) is 7.10. The molecule has 1 aromatic rings. The minimum atomic E-state index is -1.02. The van der Waals surface area contributed by atoms with Crippen molar-refractivity contribution in [1.82, 2.24) is 5.32 Å². The highest BCUT2D eigenvalue weighted by Gasteiger charge is 2.22. The number of carbonyl (C=O) groups is 4. The van der Waals surface area contributed by atoms with Gasteiger partial charge in [0.25, 0.3) is 5.91 Å². The van der Waals surface area contributed by atoms with Crippen molar-refractivity contribution >= 4 is 29.3 Å². The molecule has 0 aromatic heterocycles. The molecule has 0 aliphatic heterocycles. The maximum atomic E-state index is 12.0. The topological polar surface area (TPSA) is 102 Å². The number of ether oxygens (including phenoxy) is 1. The van der Waals surface area contributed by atoms with Crippen molar-refractivity contribution in [2.75, 3.05) is 5.32 Å². The van der Waals surface area contributed by atoms with Gasteiger partial charge in [0.05, 0.1) is 0 Å². The van der Waals surface area contributed by atoms with Gasteiger partial charge in [0, 0.05) is 18.2 Å². The van der Waals surface area contributed by atoms with Crippen LogP contribution in [0.25, 0.3) is 0 Å². The van der Waals surface area contributed by atoms with Gasteiger partial charge in [-0.2, -0.15) is 0 Å². The molecule has 0 saturated heterocycles. The summed E-state index contributed by atoms with van der Waals surface area (Å²) in [6.45, 7) is 5.63. The van der Waals surface area contributed by atoms with Crippen LogP contribution < -0.4 is 10.6 Å². The molecule has 0 aliphatic rings. The first-order valence-electron chi connectivity index (χ1n) is 7.10. The molecule has 124 valence electrons. The van der Waals surface area contributed by atoms with Crippen molar-refractivity contribution in [2.45, 2.75) is 39.8 Å². The van der Waals surface area contributed by atoms with E-state index in [1.165, 1.54) is 27.7 Å². The second-order valence-corrected chi connectivity index (χ2v) is 5.12. The monoisotopic (exact) mass is 320 g/mol. The lowest BCUT2D eigenvalue weighted by Crippen LogP contribution is -2.41. The zero-order valence-corrected chi connectivity index (χ0v) is 13.5. The molecule has 0 aliphatic carbocycles. The summed E-state index contributed by atoms with van der Waals surface area (Å²) in [4.78, 5) is 45.7. The molecule has 1 rings (SSSR count). The molecule has 2 atom stereocenters. The number of nitrogens with one attached hydrogen (secondary N) is 2. The molecule has 23 heavy (non-hydrogen) atoms. The van der Waals surface area contributed by atoms with Crippen molar-refractivity contribution < 1.29 is 23.9 Å². The van der Waals surface area contributed by atoms with Crippen LogP contribution >= 0.6 is 0 Å². The highest BCUT2D eigenvalue weighted by atomic mass is 16.5. The van der Waals surface area contributed by atoms with Crippen molar-refractivity contribution in [1.29, 1.82) is 0 Å². The molecular formula is C16H20N2O5. The summed E-state index contributed by atoms with van der Waals surface area (Å²) in [5, 5.41) is 4.95. The predicted octanol–water partition coefficient (Wildman–Crippen LogP) is 1.28. The van der Waals surface area contributed by atoms with Gasteiger partial charge in [-0.05, 0) is 45.0 Å². The van der Waals surface area contributed by atoms with Crippen molar-refractivity contribution in [2.24, 2.45) is 0 Å². The molecule has 0 fully saturated rings. The number of amides is 2. The molecule has 1 aromatic carbocycles. The maximum Gasteiger partial charge on any atom is 0.329 e. The minimum absolute atomic E-state index is 0.0721. The SMILES string of the molecule is CC(=O)N[C@H](C)C(=O)O[C@@H](C)C(=O)Nc1ccc(C(C)=O)cc1. The van der Waals surface area contributed by atoms with Gasteiger partial charge in [0.15, 0.2) is 11.9 Å². The molecule has 0 spiro atoms. The standard InChI is InChI=1S/C16H20N2O5/c1-9(17-12(4)20)16(22)23-11(3)15(21)18-14-7-5-13(6-8-14)10(2)19/h5-9,11H,1-4H3,(H,17,20)(H,18,21)/t9-,11+/m1/s1. The van der Waals surface area contributed by atoms with Gasteiger partial charge in [-0.3, -0.25) is 14.4 Å². The van der Waals surface area contributed by atoms with E-state index in [2.05, 4.69) is 10.6 Å². The number of hydrogen-bond donors (Lipinski definition) is 2. The van der Waals surface area contributed by atoms with Crippen LogP contribution in [0.4, 0.5) is 5.69 Å². The van der Waals surface area contributed by atoms with E-state index < -0.39 is 24.0 Å². The third-order valence-corrected chi connectivity index (χ3v) is 2.99. The van der Waals surface area contributed by atoms with Gasteiger partial charge >= 0.3 is 5.97 Å². The van der Waals surface area contributed by atoms with Crippen LogP contribution in [-0.2, 0) is 19.1 Å². The van der Waals surface area contributed by atoms with Gasteiger partial charge in [-0.15, -0.1) is 0 Å². The number of carbonyl (C=O) groups excluding carboxylic acids is 4. The smallest absolute Gasteiger partial charge is 0.329 e. The highest BCUT2D eigenvalue weighted by molar-refractivity contribution is 5.97. The molecule has 0 saturated carbocycles. The molecule has 7 heteroatoms. The number of anilines is 1. The second kappa shape index (κ2) is 8.07. The summed E-state index contributed by atoms with van der Waals surface area (Å²) in [5.41, 5.74) is 1.02. The fourth-order valence-electron chi connectivity index (χ4n) is 1.73. The van der Waals surface area contributed by atoms with E-state index in [0.29, 0.717) is 11.3 Å². The van der Waals surface area contributed by atoms with Crippen LogP contribution in [0.3, 0.4) is 0 Å². The average molecular weight is 320 g/mol. The summed E-state index contributed by atoms with van der Waals surface area (Å²) in [6, 6.07) is 5.52. The van der Waals surface area contributed by atoms with Gasteiger partial charge in [0.1, 0.15) is 6.04 Å². The van der Waals surface area contributed by atoms with Crippen molar-refractivity contribution in [3.8, 4) is 0 Å². The normalized spacial score (nSPS) is 12.7. The molecule has 0 radical (unpaired) electrons. The molecular weight excluding hydrogens is 300 g/mol. The summed E-state index contributed by atoms with van der Waals surface area (Å²) < 4.78 is 4.99. The number of esters is 1. The van der Waals surface area contributed by atoms with E-state index in [-0.39, 0.29) is 11.7 Å². The lowest BCUT2D eigenvalue weighted by molar-refractivity contribution is -0.155. The first kappa shape index (κ1) is 18.3. The van der Waals surface area contributed by atoms with Crippen LogP contribution in [-0.4, -0.2) is 35.7 Å². The fraction of sp³-hybridized carbons (Fsp3) is 0.375. The van der Waals surface area contributed by atoms with Crippen LogP contribution in [0.2, 0.25) is 0 Å². The predicted molar refractivity (Wildman–Crippen MR) is 83.9 cm³/mol. The van der Waals surface area contributed by atoms with E-state index in [0.717, 1.165) is 0 Å². The van der Waals surface area contributed by atoms with Crippen LogP contribution in [0.1, 0.15) is 38.1 Å². The minimum Gasteiger partial charge on any atom is -0.451 e. The largest absolute Gasteiger partial charge is 0.451 e. The molecule has 0 bridgehead atoms. The van der Waals surface area contributed by atoms with Gasteiger partial charge < -0.3 is 15.4 Å². The lowest BCUT2D eigenvalue weighted by atomic mass is 10.1. The molecule has 2 N–H and O–H groups in total. The Bertz CT molecular complexity index is 609. The number of benzene rings is 1. The molecule has 2 amide bonds. The van der Waals surface area contributed by atoms with Gasteiger partial charge in [-0.25, -0.2) is 4.79 Å². The summed E-state index contributed by atoms with van der Waals surface area (Å²) in [5.74, 6) is -1.65. The Kier molecular flexibility index (Phi) is 6.44. The molecule has 0 heterocycles. The number of hydrogen-bond acceptors (Lipinski definition) is 5. The van der Waals surface area contributed by atoms with Crippen molar-refractivity contribution in [3.63, 3.8) is 0 Å². The molecule has 7 nitrogen and oxygen atoms in total. The van der Waals surface area contributed by atoms with E-state index in [4.69, 9.17) is 4.74 Å². The number of ketones is 1. The number of rotatable bonds is 6. The van der Waals surface area contributed by atoms with Gasteiger partial charge in [-0.1, -0.05) is 0 Å². The lowest BCUT2D eigenvalue weighted by Gasteiger charge is -2.17. The Balaban J connectivity index is 2.58.